The monoisotopic (exact) mass is 93.1 g/mol. The molecule has 0 aromatic heterocycles. The second-order valence-electron chi connectivity index (χ2n) is 1.55. The first-order valence-corrected chi connectivity index (χ1v) is 2.27. The number of rotatable bonds is 2. The van der Waals surface area contributed by atoms with Crippen molar-refractivity contribution in [2.24, 2.45) is 0 Å². The van der Waals surface area contributed by atoms with Crippen LogP contribution in [0.5, 0.6) is 0 Å². The normalized spacial score (nSPS) is 8.57. The van der Waals surface area contributed by atoms with Gasteiger partial charge in [0.2, 0.25) is 0 Å². The summed E-state index contributed by atoms with van der Waals surface area (Å²) in [5, 5.41) is 0. The van der Waals surface area contributed by atoms with Crippen molar-refractivity contribution in [3.05, 3.63) is 6.54 Å². The molecule has 0 aromatic rings. The standard InChI is InChI=1S/C5H12N.Li/c1-4-5-6(2)3;/h5H,4H2,1-3H3;/q-1;+1. The quantitative estimate of drug-likeness (QED) is 0.285. The number of hydrogen-bond acceptors (Lipinski definition) is 1. The molecule has 0 atom stereocenters. The fourth-order valence-electron chi connectivity index (χ4n) is 0.365. The molecule has 0 aliphatic rings. The van der Waals surface area contributed by atoms with E-state index in [4.69, 9.17) is 0 Å². The zero-order valence-corrected chi connectivity index (χ0v) is 5.73. The van der Waals surface area contributed by atoms with Crippen molar-refractivity contribution in [3.63, 3.8) is 0 Å². The Kier molecular flexibility index (Phi) is 9.86. The molecule has 0 unspecified atom stereocenters. The zero-order valence-electron chi connectivity index (χ0n) is 5.73. The summed E-state index contributed by atoms with van der Waals surface area (Å²) >= 11 is 0. The van der Waals surface area contributed by atoms with Crippen LogP contribution in [0.15, 0.2) is 0 Å². The molecule has 0 saturated heterocycles. The van der Waals surface area contributed by atoms with E-state index in [2.05, 4.69) is 18.4 Å². The SMILES string of the molecule is CC[CH-]N(C)C.[Li+]. The predicted molar refractivity (Wildman–Crippen MR) is 28.3 cm³/mol. The van der Waals surface area contributed by atoms with E-state index in [1.807, 2.05) is 14.1 Å². The largest absolute Gasteiger partial charge is 1.00 e. The van der Waals surface area contributed by atoms with Gasteiger partial charge in [-0.2, -0.15) is 6.42 Å². The molecule has 0 saturated carbocycles. The molecule has 38 valence electrons. The summed E-state index contributed by atoms with van der Waals surface area (Å²) in [6, 6.07) is 0. The van der Waals surface area contributed by atoms with Crippen molar-refractivity contribution >= 4 is 0 Å². The van der Waals surface area contributed by atoms with Crippen molar-refractivity contribution in [2.45, 2.75) is 13.3 Å². The Hall–Kier alpha value is 0.557. The molecule has 0 radical (unpaired) electrons. The van der Waals surface area contributed by atoms with E-state index in [-0.39, 0.29) is 18.9 Å². The fraction of sp³-hybridized carbons (Fsp3) is 0.800. The van der Waals surface area contributed by atoms with Gasteiger partial charge in [-0.15, -0.1) is 0 Å². The van der Waals surface area contributed by atoms with Gasteiger partial charge in [0.25, 0.3) is 0 Å². The van der Waals surface area contributed by atoms with Crippen LogP contribution in [0.4, 0.5) is 0 Å². The van der Waals surface area contributed by atoms with Gasteiger partial charge in [-0.3, -0.25) is 6.54 Å². The number of nitrogens with zero attached hydrogens (tertiary/aromatic N) is 1. The van der Waals surface area contributed by atoms with Gasteiger partial charge >= 0.3 is 18.9 Å². The third-order valence-corrected chi connectivity index (χ3v) is 0.548. The van der Waals surface area contributed by atoms with Gasteiger partial charge in [0.05, 0.1) is 0 Å². The summed E-state index contributed by atoms with van der Waals surface area (Å²) in [7, 11) is 4.06. The molecule has 1 nitrogen and oxygen atoms in total. The molecule has 0 aliphatic carbocycles. The van der Waals surface area contributed by atoms with Crippen molar-refractivity contribution in [3.8, 4) is 0 Å². The van der Waals surface area contributed by atoms with E-state index < -0.39 is 0 Å². The van der Waals surface area contributed by atoms with Crippen molar-refractivity contribution in [1.82, 2.24) is 4.90 Å². The molecular weight excluding hydrogens is 81.0 g/mol. The number of hydrogen-bond donors (Lipinski definition) is 0. The Balaban J connectivity index is 0. The summed E-state index contributed by atoms with van der Waals surface area (Å²) in [6.45, 7) is 4.25. The van der Waals surface area contributed by atoms with E-state index >= 15 is 0 Å². The van der Waals surface area contributed by atoms with E-state index in [9.17, 15) is 0 Å². The summed E-state index contributed by atoms with van der Waals surface area (Å²) in [6.07, 6.45) is 1.13. The minimum absolute atomic E-state index is 0. The van der Waals surface area contributed by atoms with Gasteiger partial charge in [0.15, 0.2) is 0 Å². The first kappa shape index (κ1) is 10.5. The topological polar surface area (TPSA) is 3.24 Å². The molecule has 7 heavy (non-hydrogen) atoms. The average Bonchev–Trinajstić information content (AvgIpc) is 1.35. The van der Waals surface area contributed by atoms with Crippen LogP contribution < -0.4 is 18.9 Å². The van der Waals surface area contributed by atoms with Gasteiger partial charge < -0.3 is 4.90 Å². The van der Waals surface area contributed by atoms with Crippen LogP contribution in [-0.4, -0.2) is 19.0 Å². The third-order valence-electron chi connectivity index (χ3n) is 0.548. The first-order valence-electron chi connectivity index (χ1n) is 2.27. The predicted octanol–water partition coefficient (Wildman–Crippen LogP) is -1.88. The molecule has 0 heterocycles. The Morgan fingerprint density at radius 3 is 1.86 bits per heavy atom. The molecule has 0 aliphatic heterocycles. The van der Waals surface area contributed by atoms with Crippen molar-refractivity contribution in [2.75, 3.05) is 14.1 Å². The van der Waals surface area contributed by atoms with E-state index in [0.29, 0.717) is 0 Å². The maximum atomic E-state index is 2.12. The van der Waals surface area contributed by atoms with Crippen LogP contribution in [0.1, 0.15) is 13.3 Å². The second-order valence-corrected chi connectivity index (χ2v) is 1.55. The first-order chi connectivity index (χ1) is 2.77. The smallest absolute Gasteiger partial charge is 0.462 e. The molecule has 0 rings (SSSR count). The maximum Gasteiger partial charge on any atom is 1.00 e. The van der Waals surface area contributed by atoms with E-state index in [1.54, 1.807) is 0 Å². The Bertz CT molecular complexity index is 29.3. The molecule has 0 spiro atoms. The molecular formula is C5H12LiN. The van der Waals surface area contributed by atoms with Crippen LogP contribution in [0, 0.1) is 6.54 Å². The minimum atomic E-state index is 0. The summed E-state index contributed by atoms with van der Waals surface area (Å²) in [5.74, 6) is 0. The van der Waals surface area contributed by atoms with Crippen LogP contribution in [-0.2, 0) is 0 Å². The van der Waals surface area contributed by atoms with Crippen LogP contribution in [0.3, 0.4) is 0 Å². The van der Waals surface area contributed by atoms with Gasteiger partial charge in [0, 0.05) is 0 Å². The second kappa shape index (κ2) is 6.56. The molecule has 2 heteroatoms. The fourth-order valence-corrected chi connectivity index (χ4v) is 0.365. The maximum absolute atomic E-state index is 2.12. The Morgan fingerprint density at radius 1 is 1.43 bits per heavy atom. The van der Waals surface area contributed by atoms with Crippen LogP contribution >= 0.6 is 0 Å². The van der Waals surface area contributed by atoms with Crippen LogP contribution in [0.2, 0.25) is 0 Å². The molecule has 0 amide bonds. The zero-order chi connectivity index (χ0) is 4.99. The summed E-state index contributed by atoms with van der Waals surface area (Å²) in [5.41, 5.74) is 0. The van der Waals surface area contributed by atoms with Gasteiger partial charge in [0.1, 0.15) is 0 Å². The molecule has 0 N–H and O–H groups in total. The molecule has 0 fully saturated rings. The van der Waals surface area contributed by atoms with Crippen molar-refractivity contribution < 1.29 is 18.9 Å². The summed E-state index contributed by atoms with van der Waals surface area (Å²) in [4.78, 5) is 2.06. The minimum Gasteiger partial charge on any atom is -0.462 e. The Labute approximate surface area is 58.3 Å². The van der Waals surface area contributed by atoms with Crippen LogP contribution in [0.25, 0.3) is 0 Å². The molecule has 0 aromatic carbocycles. The molecule has 0 bridgehead atoms. The van der Waals surface area contributed by atoms with Crippen molar-refractivity contribution in [1.29, 1.82) is 0 Å². The van der Waals surface area contributed by atoms with Gasteiger partial charge in [-0.05, 0) is 14.1 Å². The van der Waals surface area contributed by atoms with E-state index in [0.717, 1.165) is 6.42 Å². The van der Waals surface area contributed by atoms with Gasteiger partial charge in [-0.1, -0.05) is 6.92 Å². The summed E-state index contributed by atoms with van der Waals surface area (Å²) < 4.78 is 0. The third kappa shape index (κ3) is 10.8. The Morgan fingerprint density at radius 2 is 1.86 bits per heavy atom. The average molecular weight is 93.1 g/mol. The van der Waals surface area contributed by atoms with E-state index in [1.165, 1.54) is 0 Å². The van der Waals surface area contributed by atoms with Gasteiger partial charge in [-0.25, -0.2) is 0 Å².